The summed E-state index contributed by atoms with van der Waals surface area (Å²) >= 11 is 0. The number of carbonyl (C=O) groups excluding carboxylic acids is 1. The van der Waals surface area contributed by atoms with E-state index in [0.29, 0.717) is 17.6 Å². The average molecular weight is 168 g/mol. The first-order valence-electron chi connectivity index (χ1n) is 4.94. The molecule has 2 atom stereocenters. The van der Waals surface area contributed by atoms with Crippen LogP contribution in [-0.4, -0.2) is 5.78 Å². The monoisotopic (exact) mass is 168 g/mol. The maximum atomic E-state index is 11.7. The molecule has 0 bridgehead atoms. The first-order valence-corrected chi connectivity index (χ1v) is 4.94. The van der Waals surface area contributed by atoms with Crippen LogP contribution < -0.4 is 0 Å². The fourth-order valence-electron chi connectivity index (χ4n) is 2.12. The molecule has 0 saturated heterocycles. The number of carbonyl (C=O) groups is 1. The second-order valence-electron chi connectivity index (χ2n) is 5.27. The fourth-order valence-corrected chi connectivity index (χ4v) is 2.12. The van der Waals surface area contributed by atoms with Gasteiger partial charge in [-0.2, -0.15) is 0 Å². The van der Waals surface area contributed by atoms with E-state index in [0.717, 1.165) is 12.8 Å². The molecule has 12 heavy (non-hydrogen) atoms. The van der Waals surface area contributed by atoms with Crippen molar-refractivity contribution in [2.24, 2.45) is 17.3 Å². The van der Waals surface area contributed by atoms with Gasteiger partial charge in [0.05, 0.1) is 0 Å². The normalized spacial score (nSPS) is 32.2. The van der Waals surface area contributed by atoms with Crippen molar-refractivity contribution >= 4 is 5.78 Å². The Kier molecular flexibility index (Phi) is 2.60. The summed E-state index contributed by atoms with van der Waals surface area (Å²) in [5, 5.41) is 0. The molecule has 0 unspecified atom stereocenters. The summed E-state index contributed by atoms with van der Waals surface area (Å²) in [6, 6.07) is 0. The van der Waals surface area contributed by atoms with Crippen LogP contribution in [-0.2, 0) is 4.79 Å². The zero-order chi connectivity index (χ0) is 9.35. The molecule has 0 N–H and O–H groups in total. The third-order valence-electron chi connectivity index (χ3n) is 2.93. The lowest BCUT2D eigenvalue weighted by atomic mass is 9.69. The van der Waals surface area contributed by atoms with Gasteiger partial charge in [-0.25, -0.2) is 0 Å². The van der Waals surface area contributed by atoms with Gasteiger partial charge in [0, 0.05) is 12.3 Å². The third kappa shape index (κ3) is 2.09. The molecular weight excluding hydrogens is 148 g/mol. The molecule has 1 fully saturated rings. The predicted molar refractivity (Wildman–Crippen MR) is 51.0 cm³/mol. The smallest absolute Gasteiger partial charge is 0.136 e. The van der Waals surface area contributed by atoms with E-state index in [9.17, 15) is 4.79 Å². The van der Waals surface area contributed by atoms with E-state index in [4.69, 9.17) is 0 Å². The van der Waals surface area contributed by atoms with Gasteiger partial charge in [0.15, 0.2) is 0 Å². The Balaban J connectivity index is 2.63. The van der Waals surface area contributed by atoms with Crippen LogP contribution in [0.2, 0.25) is 0 Å². The molecule has 1 aliphatic rings. The van der Waals surface area contributed by atoms with Crippen molar-refractivity contribution in [3.05, 3.63) is 0 Å². The molecule has 0 spiro atoms. The van der Waals surface area contributed by atoms with Crippen molar-refractivity contribution in [2.75, 3.05) is 0 Å². The minimum Gasteiger partial charge on any atom is -0.299 e. The molecule has 1 saturated carbocycles. The minimum atomic E-state index is 0.178. The van der Waals surface area contributed by atoms with Crippen molar-refractivity contribution in [1.82, 2.24) is 0 Å². The number of Topliss-reactive ketones (excluding diaryl/α,β-unsaturated/α-hetero) is 1. The number of ketones is 1. The van der Waals surface area contributed by atoms with E-state index < -0.39 is 0 Å². The van der Waals surface area contributed by atoms with E-state index in [1.54, 1.807) is 0 Å². The quantitative estimate of drug-likeness (QED) is 0.543. The predicted octanol–water partition coefficient (Wildman–Crippen LogP) is 3.04. The summed E-state index contributed by atoms with van der Waals surface area (Å²) < 4.78 is 0. The number of hydrogen-bond donors (Lipinski definition) is 0. The van der Waals surface area contributed by atoms with Crippen molar-refractivity contribution in [2.45, 2.75) is 47.0 Å². The third-order valence-corrected chi connectivity index (χ3v) is 2.93. The van der Waals surface area contributed by atoms with E-state index in [-0.39, 0.29) is 5.41 Å². The number of rotatable bonds is 0. The van der Waals surface area contributed by atoms with Gasteiger partial charge < -0.3 is 0 Å². The van der Waals surface area contributed by atoms with E-state index >= 15 is 0 Å². The molecule has 0 aliphatic heterocycles. The van der Waals surface area contributed by atoms with E-state index in [1.165, 1.54) is 6.42 Å². The molecule has 0 radical (unpaired) electrons. The Morgan fingerprint density at radius 3 is 2.25 bits per heavy atom. The second kappa shape index (κ2) is 3.20. The Hall–Kier alpha value is -0.330. The SMILES string of the molecule is C[C@@H]1CC[C@@H](C(C)(C)C)C(=O)C1. The van der Waals surface area contributed by atoms with Crippen molar-refractivity contribution in [3.63, 3.8) is 0 Å². The average Bonchev–Trinajstić information content (AvgIpc) is 1.83. The topological polar surface area (TPSA) is 17.1 Å². The van der Waals surface area contributed by atoms with Crippen molar-refractivity contribution in [3.8, 4) is 0 Å². The zero-order valence-corrected chi connectivity index (χ0v) is 8.68. The van der Waals surface area contributed by atoms with Crippen LogP contribution in [0.5, 0.6) is 0 Å². The molecule has 0 aromatic rings. The summed E-state index contributed by atoms with van der Waals surface area (Å²) in [4.78, 5) is 11.7. The summed E-state index contributed by atoms with van der Waals surface area (Å²) in [7, 11) is 0. The minimum absolute atomic E-state index is 0.178. The zero-order valence-electron chi connectivity index (χ0n) is 8.68. The standard InChI is InChI=1S/C11H20O/c1-8-5-6-9(10(12)7-8)11(2,3)4/h8-9H,5-7H2,1-4H3/t8-,9-/m1/s1. The van der Waals surface area contributed by atoms with Crippen LogP contribution in [0.3, 0.4) is 0 Å². The fraction of sp³-hybridized carbons (Fsp3) is 0.909. The van der Waals surface area contributed by atoms with Crippen molar-refractivity contribution in [1.29, 1.82) is 0 Å². The molecule has 1 heteroatoms. The molecule has 1 aliphatic carbocycles. The van der Waals surface area contributed by atoms with Gasteiger partial charge in [0.1, 0.15) is 5.78 Å². The Morgan fingerprint density at radius 1 is 1.25 bits per heavy atom. The van der Waals surface area contributed by atoms with Gasteiger partial charge in [0.25, 0.3) is 0 Å². The van der Waals surface area contributed by atoms with Gasteiger partial charge in [-0.1, -0.05) is 27.7 Å². The van der Waals surface area contributed by atoms with Crippen LogP contribution in [0.15, 0.2) is 0 Å². The number of hydrogen-bond acceptors (Lipinski definition) is 1. The van der Waals surface area contributed by atoms with Crippen LogP contribution in [0, 0.1) is 17.3 Å². The van der Waals surface area contributed by atoms with Crippen LogP contribution >= 0.6 is 0 Å². The molecule has 1 nitrogen and oxygen atoms in total. The molecule has 0 aromatic carbocycles. The first-order chi connectivity index (χ1) is 5.41. The highest BCUT2D eigenvalue weighted by molar-refractivity contribution is 5.82. The lowest BCUT2D eigenvalue weighted by molar-refractivity contribution is -0.129. The van der Waals surface area contributed by atoms with Gasteiger partial charge >= 0.3 is 0 Å². The van der Waals surface area contributed by atoms with Crippen LogP contribution in [0.4, 0.5) is 0 Å². The maximum Gasteiger partial charge on any atom is 0.136 e. The second-order valence-corrected chi connectivity index (χ2v) is 5.27. The van der Waals surface area contributed by atoms with Gasteiger partial charge in [-0.15, -0.1) is 0 Å². The lowest BCUT2D eigenvalue weighted by Crippen LogP contribution is -2.33. The van der Waals surface area contributed by atoms with Gasteiger partial charge in [-0.05, 0) is 24.2 Å². The largest absolute Gasteiger partial charge is 0.299 e. The Morgan fingerprint density at radius 2 is 1.83 bits per heavy atom. The van der Waals surface area contributed by atoms with Crippen LogP contribution in [0.25, 0.3) is 0 Å². The Bertz CT molecular complexity index is 176. The summed E-state index contributed by atoms with van der Waals surface area (Å²) in [5.74, 6) is 1.42. The molecule has 0 heterocycles. The summed E-state index contributed by atoms with van der Waals surface area (Å²) in [6.07, 6.45) is 3.14. The van der Waals surface area contributed by atoms with Gasteiger partial charge in [-0.3, -0.25) is 4.79 Å². The maximum absolute atomic E-state index is 11.7. The van der Waals surface area contributed by atoms with Crippen molar-refractivity contribution < 1.29 is 4.79 Å². The van der Waals surface area contributed by atoms with Gasteiger partial charge in [0.2, 0.25) is 0 Å². The molecule has 0 amide bonds. The summed E-state index contributed by atoms with van der Waals surface area (Å²) in [6.45, 7) is 8.69. The highest BCUT2D eigenvalue weighted by Crippen LogP contribution is 2.37. The first kappa shape index (κ1) is 9.76. The summed E-state index contributed by atoms with van der Waals surface area (Å²) in [5.41, 5.74) is 0.178. The highest BCUT2D eigenvalue weighted by Gasteiger charge is 2.34. The van der Waals surface area contributed by atoms with Crippen LogP contribution in [0.1, 0.15) is 47.0 Å². The molecular formula is C11H20O. The lowest BCUT2D eigenvalue weighted by Gasteiger charge is -2.34. The van der Waals surface area contributed by atoms with E-state index in [2.05, 4.69) is 27.7 Å². The molecule has 1 rings (SSSR count). The Labute approximate surface area is 75.5 Å². The molecule has 0 aromatic heterocycles. The molecule has 70 valence electrons. The van der Waals surface area contributed by atoms with E-state index in [1.807, 2.05) is 0 Å². The highest BCUT2D eigenvalue weighted by atomic mass is 16.1.